The minimum absolute atomic E-state index is 0.0225. The highest BCUT2D eigenvalue weighted by Gasteiger charge is 2.28. The summed E-state index contributed by atoms with van der Waals surface area (Å²) in [6, 6.07) is 18.6. The Morgan fingerprint density at radius 1 is 0.974 bits per heavy atom. The number of rotatable bonds is 9. The summed E-state index contributed by atoms with van der Waals surface area (Å²) in [6.45, 7) is 7.42. The van der Waals surface area contributed by atoms with Crippen LogP contribution in [0.3, 0.4) is 0 Å². The summed E-state index contributed by atoms with van der Waals surface area (Å²) in [5.41, 5.74) is 5.24. The molecule has 1 fully saturated rings. The van der Waals surface area contributed by atoms with Crippen LogP contribution in [-0.4, -0.2) is 53.8 Å². The molecule has 1 N–H and O–H groups in total. The molecule has 6 nitrogen and oxygen atoms in total. The molecule has 0 aromatic heterocycles. The summed E-state index contributed by atoms with van der Waals surface area (Å²) in [7, 11) is 0. The first-order valence-corrected chi connectivity index (χ1v) is 14.0. The zero-order valence-electron chi connectivity index (χ0n) is 22.2. The number of carbonyl (C=O) groups excluding carboxylic acids is 2. The molecule has 1 aliphatic rings. The Balaban J connectivity index is 1.52. The zero-order valence-corrected chi connectivity index (χ0v) is 23.7. The second kappa shape index (κ2) is 13.3. The van der Waals surface area contributed by atoms with E-state index in [1.165, 1.54) is 12.1 Å². The minimum atomic E-state index is -0.579. The van der Waals surface area contributed by atoms with Crippen molar-refractivity contribution in [1.82, 2.24) is 15.2 Å². The first kappa shape index (κ1) is 28.9. The fourth-order valence-corrected chi connectivity index (χ4v) is 5.33. The van der Waals surface area contributed by atoms with E-state index < -0.39 is 11.7 Å². The van der Waals surface area contributed by atoms with Gasteiger partial charge in [0.1, 0.15) is 5.82 Å². The third-order valence-corrected chi connectivity index (χ3v) is 7.70. The standard InChI is InChI=1S/C30H33Cl2FN4O2/c1-3-36(4-2)30(39)21-10-13-24(14-11-21)37(34-29(38)26-7-5-6-8-28(26)33)25-15-17-35(18-16-25)20-22-9-12-23(31)19-27(22)32/h5-14,19,25H,3-4,15-18,20H2,1-2H3,(H,34,38). The van der Waals surface area contributed by atoms with Crippen LogP contribution in [-0.2, 0) is 6.54 Å². The zero-order chi connectivity index (χ0) is 27.9. The first-order chi connectivity index (χ1) is 18.8. The van der Waals surface area contributed by atoms with Crippen molar-refractivity contribution in [2.45, 2.75) is 39.3 Å². The monoisotopic (exact) mass is 570 g/mol. The van der Waals surface area contributed by atoms with Gasteiger partial charge in [0.25, 0.3) is 11.8 Å². The lowest BCUT2D eigenvalue weighted by Crippen LogP contribution is -2.53. The van der Waals surface area contributed by atoms with Gasteiger partial charge in [0.2, 0.25) is 0 Å². The average Bonchev–Trinajstić information content (AvgIpc) is 2.94. The van der Waals surface area contributed by atoms with Crippen molar-refractivity contribution in [1.29, 1.82) is 0 Å². The normalized spacial score (nSPS) is 14.2. The maximum Gasteiger partial charge on any atom is 0.272 e. The van der Waals surface area contributed by atoms with Crippen molar-refractivity contribution in [3.8, 4) is 0 Å². The number of hydrogen-bond acceptors (Lipinski definition) is 4. The number of anilines is 1. The van der Waals surface area contributed by atoms with Crippen LogP contribution in [0.4, 0.5) is 10.1 Å². The number of halogens is 3. The Morgan fingerprint density at radius 2 is 1.64 bits per heavy atom. The van der Waals surface area contributed by atoms with Crippen molar-refractivity contribution in [3.05, 3.63) is 99.3 Å². The Morgan fingerprint density at radius 3 is 2.26 bits per heavy atom. The second-order valence-corrected chi connectivity index (χ2v) is 10.4. The number of nitrogens with zero attached hydrogens (tertiary/aromatic N) is 3. The molecular formula is C30H33Cl2FN4O2. The molecule has 0 saturated carbocycles. The van der Waals surface area contributed by atoms with Crippen LogP contribution >= 0.6 is 23.2 Å². The summed E-state index contributed by atoms with van der Waals surface area (Å²) in [6.07, 6.45) is 1.53. The van der Waals surface area contributed by atoms with Gasteiger partial charge in [-0.15, -0.1) is 0 Å². The molecule has 1 saturated heterocycles. The summed E-state index contributed by atoms with van der Waals surface area (Å²) >= 11 is 12.4. The van der Waals surface area contributed by atoms with Crippen molar-refractivity contribution in [2.75, 3.05) is 31.2 Å². The van der Waals surface area contributed by atoms with E-state index in [9.17, 15) is 14.0 Å². The molecule has 0 bridgehead atoms. The van der Waals surface area contributed by atoms with Crippen LogP contribution in [0.5, 0.6) is 0 Å². The summed E-state index contributed by atoms with van der Waals surface area (Å²) in [5, 5.41) is 3.06. The number of nitrogens with one attached hydrogen (secondary N) is 1. The predicted molar refractivity (Wildman–Crippen MR) is 155 cm³/mol. The van der Waals surface area contributed by atoms with E-state index in [4.69, 9.17) is 23.2 Å². The largest absolute Gasteiger partial charge is 0.339 e. The molecule has 0 spiro atoms. The molecule has 206 valence electrons. The molecule has 3 aromatic carbocycles. The number of likely N-dealkylation sites (tertiary alicyclic amines) is 1. The van der Waals surface area contributed by atoms with E-state index in [-0.39, 0.29) is 17.5 Å². The second-order valence-electron chi connectivity index (χ2n) is 9.56. The lowest BCUT2D eigenvalue weighted by molar-refractivity contribution is 0.0772. The van der Waals surface area contributed by atoms with Gasteiger partial charge in [-0.3, -0.25) is 24.9 Å². The Bertz CT molecular complexity index is 1290. The molecule has 0 unspecified atom stereocenters. The summed E-state index contributed by atoms with van der Waals surface area (Å²) in [4.78, 5) is 30.0. The SMILES string of the molecule is CCN(CC)C(=O)c1ccc(N(NC(=O)c2ccccc2F)C2CCN(Cc3ccc(Cl)cc3Cl)CC2)cc1. The van der Waals surface area contributed by atoms with Gasteiger partial charge >= 0.3 is 0 Å². The van der Waals surface area contributed by atoms with E-state index >= 15 is 0 Å². The molecule has 1 aliphatic heterocycles. The molecule has 0 aliphatic carbocycles. The predicted octanol–water partition coefficient (Wildman–Crippen LogP) is 6.43. The lowest BCUT2D eigenvalue weighted by Gasteiger charge is -2.39. The Hall–Kier alpha value is -3.13. The van der Waals surface area contributed by atoms with Crippen molar-refractivity contribution in [3.63, 3.8) is 0 Å². The molecule has 1 heterocycles. The number of benzene rings is 3. The quantitative estimate of drug-likeness (QED) is 0.301. The number of carbonyl (C=O) groups is 2. The maximum atomic E-state index is 14.4. The third-order valence-electron chi connectivity index (χ3n) is 7.11. The van der Waals surface area contributed by atoms with Crippen LogP contribution in [0.1, 0.15) is 53.0 Å². The average molecular weight is 572 g/mol. The molecule has 9 heteroatoms. The number of hydrazine groups is 1. The van der Waals surface area contributed by atoms with E-state index in [0.717, 1.165) is 37.2 Å². The van der Waals surface area contributed by atoms with Gasteiger partial charge in [-0.25, -0.2) is 4.39 Å². The molecular weight excluding hydrogens is 538 g/mol. The highest BCUT2D eigenvalue weighted by molar-refractivity contribution is 6.35. The van der Waals surface area contributed by atoms with Gasteiger partial charge in [-0.2, -0.15) is 0 Å². The molecule has 2 amide bonds. The van der Waals surface area contributed by atoms with E-state index in [0.29, 0.717) is 35.2 Å². The van der Waals surface area contributed by atoms with Gasteiger partial charge in [-0.1, -0.05) is 41.4 Å². The van der Waals surface area contributed by atoms with E-state index in [1.807, 2.05) is 43.1 Å². The van der Waals surface area contributed by atoms with Crippen molar-refractivity contribution < 1.29 is 14.0 Å². The van der Waals surface area contributed by atoms with Gasteiger partial charge in [0, 0.05) is 48.3 Å². The van der Waals surface area contributed by atoms with Gasteiger partial charge in [0.15, 0.2) is 0 Å². The van der Waals surface area contributed by atoms with Gasteiger partial charge in [-0.05, 0) is 80.8 Å². The van der Waals surface area contributed by atoms with E-state index in [1.54, 1.807) is 35.2 Å². The first-order valence-electron chi connectivity index (χ1n) is 13.2. The molecule has 0 atom stereocenters. The number of piperidine rings is 1. The molecule has 3 aromatic rings. The van der Waals surface area contributed by atoms with Crippen LogP contribution in [0, 0.1) is 5.82 Å². The summed E-state index contributed by atoms with van der Waals surface area (Å²) < 4.78 is 14.4. The number of hydrogen-bond donors (Lipinski definition) is 1. The van der Waals surface area contributed by atoms with Crippen LogP contribution in [0.25, 0.3) is 0 Å². The van der Waals surface area contributed by atoms with Crippen molar-refractivity contribution in [2.24, 2.45) is 0 Å². The topological polar surface area (TPSA) is 55.9 Å². The number of amides is 2. The minimum Gasteiger partial charge on any atom is -0.339 e. The Labute approximate surface area is 239 Å². The van der Waals surface area contributed by atoms with Gasteiger partial charge in [0.05, 0.1) is 17.3 Å². The maximum absolute atomic E-state index is 14.4. The highest BCUT2D eigenvalue weighted by Crippen LogP contribution is 2.27. The van der Waals surface area contributed by atoms with E-state index in [2.05, 4.69) is 10.3 Å². The smallest absolute Gasteiger partial charge is 0.272 e. The fraction of sp³-hybridized carbons (Fsp3) is 0.333. The van der Waals surface area contributed by atoms with Crippen LogP contribution in [0.2, 0.25) is 10.0 Å². The highest BCUT2D eigenvalue weighted by atomic mass is 35.5. The lowest BCUT2D eigenvalue weighted by atomic mass is 10.0. The van der Waals surface area contributed by atoms with Crippen LogP contribution < -0.4 is 10.4 Å². The molecule has 39 heavy (non-hydrogen) atoms. The Kier molecular flexibility index (Phi) is 9.83. The summed E-state index contributed by atoms with van der Waals surface area (Å²) in [5.74, 6) is -1.14. The molecule has 0 radical (unpaired) electrons. The molecule has 4 rings (SSSR count). The van der Waals surface area contributed by atoms with Crippen molar-refractivity contribution >= 4 is 40.7 Å². The van der Waals surface area contributed by atoms with Gasteiger partial charge < -0.3 is 4.90 Å². The van der Waals surface area contributed by atoms with Crippen LogP contribution in [0.15, 0.2) is 66.7 Å². The third kappa shape index (κ3) is 7.10. The fourth-order valence-electron chi connectivity index (χ4n) is 4.87.